The van der Waals surface area contributed by atoms with Crippen molar-refractivity contribution in [1.29, 1.82) is 0 Å². The number of hydrogen-bond donors (Lipinski definition) is 3. The Kier molecular flexibility index (Phi) is 5.00. The lowest BCUT2D eigenvalue weighted by Gasteiger charge is -2.45. The highest BCUT2D eigenvalue weighted by Gasteiger charge is 2.62. The SMILES string of the molecule is Cc1ncc2c(NC3c4ccc(F)c(O)c4C(C)C[C@]3(O)C(F)(F)F)cc(F)c(F)c2n1. The number of alkyl halides is 3. The van der Waals surface area contributed by atoms with Gasteiger partial charge in [0, 0.05) is 28.9 Å². The van der Waals surface area contributed by atoms with E-state index in [0.717, 1.165) is 18.3 Å². The molecule has 3 aromatic rings. The van der Waals surface area contributed by atoms with E-state index in [0.29, 0.717) is 6.07 Å². The molecule has 170 valence electrons. The van der Waals surface area contributed by atoms with Gasteiger partial charge in [0.25, 0.3) is 0 Å². The monoisotopic (exact) mass is 457 g/mol. The highest BCUT2D eigenvalue weighted by atomic mass is 19.4. The van der Waals surface area contributed by atoms with Crippen LogP contribution in [-0.2, 0) is 0 Å². The molecule has 1 aliphatic rings. The van der Waals surface area contributed by atoms with Crippen LogP contribution in [0.4, 0.5) is 32.0 Å². The first-order valence-electron chi connectivity index (χ1n) is 9.53. The number of anilines is 1. The van der Waals surface area contributed by atoms with E-state index in [1.807, 2.05) is 0 Å². The number of rotatable bonds is 2. The molecule has 2 unspecified atom stereocenters. The minimum Gasteiger partial charge on any atom is -0.505 e. The Bertz CT molecular complexity index is 1230. The Balaban J connectivity index is 1.96. The Hall–Kier alpha value is -3.08. The molecule has 2 aromatic carbocycles. The van der Waals surface area contributed by atoms with Gasteiger partial charge < -0.3 is 15.5 Å². The first kappa shape index (κ1) is 22.1. The van der Waals surface area contributed by atoms with Gasteiger partial charge in [-0.3, -0.25) is 0 Å². The molecule has 0 saturated heterocycles. The summed E-state index contributed by atoms with van der Waals surface area (Å²) in [6.45, 7) is 2.74. The molecule has 1 aromatic heterocycles. The van der Waals surface area contributed by atoms with Gasteiger partial charge in [0.2, 0.25) is 0 Å². The van der Waals surface area contributed by atoms with Crippen molar-refractivity contribution in [3.63, 3.8) is 0 Å². The number of aromatic hydroxyl groups is 1. The lowest BCUT2D eigenvalue weighted by atomic mass is 9.70. The number of fused-ring (bicyclic) bond motifs is 2. The molecule has 5 nitrogen and oxygen atoms in total. The van der Waals surface area contributed by atoms with Crippen molar-refractivity contribution >= 4 is 16.6 Å². The number of hydrogen-bond acceptors (Lipinski definition) is 5. The second kappa shape index (κ2) is 7.22. The van der Waals surface area contributed by atoms with Gasteiger partial charge in [-0.05, 0) is 30.9 Å². The number of halogens is 6. The summed E-state index contributed by atoms with van der Waals surface area (Å²) < 4.78 is 84.6. The summed E-state index contributed by atoms with van der Waals surface area (Å²) in [5.41, 5.74) is -4.48. The topological polar surface area (TPSA) is 78.3 Å². The Morgan fingerprint density at radius 3 is 2.50 bits per heavy atom. The molecule has 0 radical (unpaired) electrons. The zero-order valence-electron chi connectivity index (χ0n) is 16.7. The maximum Gasteiger partial charge on any atom is 0.419 e. The van der Waals surface area contributed by atoms with E-state index in [1.165, 1.54) is 13.8 Å². The van der Waals surface area contributed by atoms with Gasteiger partial charge in [-0.25, -0.2) is 23.1 Å². The molecule has 4 rings (SSSR count). The molecule has 0 amide bonds. The number of aliphatic hydroxyl groups is 1. The maximum absolute atomic E-state index is 14.3. The van der Waals surface area contributed by atoms with E-state index in [9.17, 15) is 36.6 Å². The van der Waals surface area contributed by atoms with Gasteiger partial charge in [0.1, 0.15) is 11.3 Å². The third-order valence-corrected chi connectivity index (χ3v) is 5.78. The van der Waals surface area contributed by atoms with E-state index in [-0.39, 0.29) is 28.0 Å². The molecule has 0 bridgehead atoms. The molecule has 0 fully saturated rings. The number of phenolic OH excluding ortho intramolecular Hbond substituents is 1. The lowest BCUT2D eigenvalue weighted by Crippen LogP contribution is -2.55. The minimum absolute atomic E-state index is 0.108. The van der Waals surface area contributed by atoms with Crippen LogP contribution in [0.3, 0.4) is 0 Å². The first-order chi connectivity index (χ1) is 14.8. The molecule has 32 heavy (non-hydrogen) atoms. The van der Waals surface area contributed by atoms with E-state index < -0.39 is 58.9 Å². The van der Waals surface area contributed by atoms with Gasteiger partial charge in [-0.15, -0.1) is 0 Å². The van der Waals surface area contributed by atoms with Crippen LogP contribution in [0.5, 0.6) is 5.75 Å². The molecule has 0 aliphatic heterocycles. The van der Waals surface area contributed by atoms with Crippen molar-refractivity contribution in [2.24, 2.45) is 0 Å². The van der Waals surface area contributed by atoms with Crippen molar-refractivity contribution in [2.75, 3.05) is 5.32 Å². The van der Waals surface area contributed by atoms with Gasteiger partial charge in [0.05, 0.1) is 6.04 Å². The van der Waals surface area contributed by atoms with Crippen LogP contribution in [-0.4, -0.2) is 32.0 Å². The Morgan fingerprint density at radius 1 is 1.16 bits per heavy atom. The summed E-state index contributed by atoms with van der Waals surface area (Å²) in [6, 6.07) is 0.438. The molecule has 0 saturated carbocycles. The summed E-state index contributed by atoms with van der Waals surface area (Å²) in [5, 5.41) is 23.3. The quantitative estimate of drug-likeness (QED) is 0.472. The predicted molar refractivity (Wildman–Crippen MR) is 103 cm³/mol. The standard InChI is InChI=1S/C21H17F6N3O2/c1-8-6-20(32,21(25,26)27)19(10-3-4-12(22)18(31)15(8)10)30-14-5-13(23)16(24)17-11(14)7-28-9(2)29-17/h3-5,7-8,19,30-32H,6H2,1-2H3/t8?,19?,20-/m1/s1. The van der Waals surface area contributed by atoms with Crippen LogP contribution in [0, 0.1) is 24.4 Å². The van der Waals surface area contributed by atoms with Crippen molar-refractivity contribution in [2.45, 2.75) is 44.0 Å². The molecule has 3 N–H and O–H groups in total. The molecule has 0 spiro atoms. The fraction of sp³-hybridized carbons (Fsp3) is 0.333. The number of aryl methyl sites for hydroxylation is 1. The Morgan fingerprint density at radius 2 is 1.84 bits per heavy atom. The van der Waals surface area contributed by atoms with Crippen LogP contribution in [0.1, 0.15) is 42.3 Å². The summed E-state index contributed by atoms with van der Waals surface area (Å²) in [6.07, 6.45) is -4.94. The first-order valence-corrected chi connectivity index (χ1v) is 9.53. The molecule has 1 heterocycles. The number of aromatic nitrogens is 2. The van der Waals surface area contributed by atoms with E-state index in [2.05, 4.69) is 15.3 Å². The fourth-order valence-corrected chi connectivity index (χ4v) is 4.28. The van der Waals surface area contributed by atoms with Crippen molar-refractivity contribution < 1.29 is 36.6 Å². The number of phenols is 1. The normalized spacial score (nSPS) is 23.3. The summed E-state index contributed by atoms with van der Waals surface area (Å²) in [4.78, 5) is 7.70. The summed E-state index contributed by atoms with van der Waals surface area (Å²) in [7, 11) is 0. The Labute approximate surface area is 177 Å². The van der Waals surface area contributed by atoms with Crippen molar-refractivity contribution in [3.8, 4) is 5.75 Å². The molecule has 11 heteroatoms. The third kappa shape index (κ3) is 3.22. The largest absolute Gasteiger partial charge is 0.505 e. The summed E-state index contributed by atoms with van der Waals surface area (Å²) in [5.74, 6) is -5.50. The lowest BCUT2D eigenvalue weighted by molar-refractivity contribution is -0.272. The third-order valence-electron chi connectivity index (χ3n) is 5.78. The molecule has 3 atom stereocenters. The van der Waals surface area contributed by atoms with E-state index in [1.54, 1.807) is 0 Å². The van der Waals surface area contributed by atoms with Crippen LogP contribution in [0.2, 0.25) is 0 Å². The van der Waals surface area contributed by atoms with Crippen LogP contribution in [0.25, 0.3) is 10.9 Å². The number of nitrogens with zero attached hydrogens (tertiary/aromatic N) is 2. The highest BCUT2D eigenvalue weighted by Crippen LogP contribution is 2.54. The van der Waals surface area contributed by atoms with Gasteiger partial charge >= 0.3 is 6.18 Å². The fourth-order valence-electron chi connectivity index (χ4n) is 4.28. The average molecular weight is 457 g/mol. The smallest absolute Gasteiger partial charge is 0.419 e. The second-order valence-electron chi connectivity index (χ2n) is 7.90. The van der Waals surface area contributed by atoms with Crippen molar-refractivity contribution in [1.82, 2.24) is 9.97 Å². The zero-order valence-corrected chi connectivity index (χ0v) is 16.7. The van der Waals surface area contributed by atoms with E-state index in [4.69, 9.17) is 0 Å². The molecular weight excluding hydrogens is 440 g/mol. The highest BCUT2D eigenvalue weighted by molar-refractivity contribution is 5.91. The van der Waals surface area contributed by atoms with Crippen LogP contribution in [0.15, 0.2) is 24.4 Å². The van der Waals surface area contributed by atoms with Gasteiger partial charge in [0.15, 0.2) is 28.8 Å². The van der Waals surface area contributed by atoms with E-state index >= 15 is 0 Å². The molecular formula is C21H17F6N3O2. The average Bonchev–Trinajstić information content (AvgIpc) is 2.70. The van der Waals surface area contributed by atoms with Crippen LogP contribution < -0.4 is 5.32 Å². The van der Waals surface area contributed by atoms with Gasteiger partial charge in [-0.2, -0.15) is 13.2 Å². The maximum atomic E-state index is 14.3. The summed E-state index contributed by atoms with van der Waals surface area (Å²) >= 11 is 0. The minimum atomic E-state index is -5.15. The number of benzene rings is 2. The van der Waals surface area contributed by atoms with Crippen molar-refractivity contribution in [3.05, 3.63) is 58.8 Å². The molecule has 1 aliphatic carbocycles. The van der Waals surface area contributed by atoms with Crippen LogP contribution >= 0.6 is 0 Å². The predicted octanol–water partition coefficient (Wildman–Crippen LogP) is 5.01. The van der Waals surface area contributed by atoms with Gasteiger partial charge in [-0.1, -0.05) is 13.0 Å². The second-order valence-corrected chi connectivity index (χ2v) is 7.90. The number of nitrogens with one attached hydrogen (secondary N) is 1. The zero-order chi connectivity index (χ0) is 23.6.